The molecule has 0 unspecified atom stereocenters. The zero-order chi connectivity index (χ0) is 11.5. The second-order valence-electron chi connectivity index (χ2n) is 3.09. The zero-order valence-electron chi connectivity index (χ0n) is 8.40. The van der Waals surface area contributed by atoms with Gasteiger partial charge >= 0.3 is 0 Å². The Balaban J connectivity index is 2.18. The van der Waals surface area contributed by atoms with Gasteiger partial charge in [0.15, 0.2) is 5.13 Å². The summed E-state index contributed by atoms with van der Waals surface area (Å²) in [5, 5.41) is 3.60. The van der Waals surface area contributed by atoms with Gasteiger partial charge in [-0.25, -0.2) is 4.98 Å². The van der Waals surface area contributed by atoms with Crippen molar-refractivity contribution in [2.45, 2.75) is 6.92 Å². The van der Waals surface area contributed by atoms with Gasteiger partial charge in [0.1, 0.15) is 0 Å². The summed E-state index contributed by atoms with van der Waals surface area (Å²) in [6, 6.07) is 1.57. The fraction of sp³-hybridized carbons (Fsp3) is 0.100. The monoisotopic (exact) mass is 253 g/mol. The lowest BCUT2D eigenvalue weighted by Gasteiger charge is -2.02. The number of anilines is 1. The van der Waals surface area contributed by atoms with E-state index >= 15 is 0 Å². The summed E-state index contributed by atoms with van der Waals surface area (Å²) < 4.78 is 0. The lowest BCUT2D eigenvalue weighted by molar-refractivity contribution is 0.102. The SMILES string of the molecule is Cc1cnc(NC(=O)c2cnccc2Cl)s1. The van der Waals surface area contributed by atoms with Gasteiger partial charge in [-0.2, -0.15) is 0 Å². The molecule has 0 aromatic carbocycles. The number of aryl methyl sites for hydroxylation is 1. The van der Waals surface area contributed by atoms with Crippen LogP contribution in [0.15, 0.2) is 24.7 Å². The molecule has 0 atom stereocenters. The first kappa shape index (κ1) is 11.0. The van der Waals surface area contributed by atoms with Crippen molar-refractivity contribution in [3.05, 3.63) is 40.1 Å². The number of nitrogens with zero attached hydrogens (tertiary/aromatic N) is 2. The Morgan fingerprint density at radius 2 is 2.31 bits per heavy atom. The van der Waals surface area contributed by atoms with Gasteiger partial charge in [-0.3, -0.25) is 15.1 Å². The summed E-state index contributed by atoms with van der Waals surface area (Å²) in [6.07, 6.45) is 4.66. The Morgan fingerprint density at radius 3 is 2.94 bits per heavy atom. The molecule has 2 rings (SSSR count). The number of carbonyl (C=O) groups excluding carboxylic acids is 1. The van der Waals surface area contributed by atoms with Crippen LogP contribution in [0.3, 0.4) is 0 Å². The van der Waals surface area contributed by atoms with Crippen LogP contribution in [0.5, 0.6) is 0 Å². The molecule has 0 saturated carbocycles. The van der Waals surface area contributed by atoms with Gasteiger partial charge in [0, 0.05) is 23.5 Å². The number of rotatable bonds is 2. The average molecular weight is 254 g/mol. The first-order valence-electron chi connectivity index (χ1n) is 4.50. The molecule has 0 spiro atoms. The summed E-state index contributed by atoms with van der Waals surface area (Å²) in [6.45, 7) is 1.92. The quantitative estimate of drug-likeness (QED) is 0.895. The molecular weight excluding hydrogens is 246 g/mol. The van der Waals surface area contributed by atoms with Crippen LogP contribution in [-0.4, -0.2) is 15.9 Å². The first-order chi connectivity index (χ1) is 7.66. The van der Waals surface area contributed by atoms with Gasteiger partial charge in [-0.15, -0.1) is 11.3 Å². The zero-order valence-corrected chi connectivity index (χ0v) is 9.97. The molecule has 0 aliphatic rings. The lowest BCUT2D eigenvalue weighted by atomic mass is 10.3. The van der Waals surface area contributed by atoms with Crippen molar-refractivity contribution in [1.29, 1.82) is 0 Å². The number of carbonyl (C=O) groups is 1. The smallest absolute Gasteiger partial charge is 0.260 e. The average Bonchev–Trinajstić information content (AvgIpc) is 2.64. The van der Waals surface area contributed by atoms with Crippen LogP contribution in [0.1, 0.15) is 15.2 Å². The fourth-order valence-electron chi connectivity index (χ4n) is 1.12. The molecule has 1 N–H and O–H groups in total. The summed E-state index contributed by atoms with van der Waals surface area (Å²) >= 11 is 7.28. The number of aromatic nitrogens is 2. The Bertz CT molecular complexity index is 526. The second-order valence-corrected chi connectivity index (χ2v) is 4.73. The maximum atomic E-state index is 11.8. The number of hydrogen-bond donors (Lipinski definition) is 1. The number of pyridine rings is 1. The fourth-order valence-corrected chi connectivity index (χ4v) is 1.97. The van der Waals surface area contributed by atoms with Gasteiger partial charge in [0.25, 0.3) is 5.91 Å². The van der Waals surface area contributed by atoms with Crippen LogP contribution in [0, 0.1) is 6.92 Å². The van der Waals surface area contributed by atoms with Crippen molar-refractivity contribution in [3.8, 4) is 0 Å². The Kier molecular flexibility index (Phi) is 3.17. The molecule has 2 aromatic heterocycles. The van der Waals surface area contributed by atoms with E-state index in [1.165, 1.54) is 23.7 Å². The predicted octanol–water partition coefficient (Wildman–Crippen LogP) is 2.75. The van der Waals surface area contributed by atoms with Crippen molar-refractivity contribution < 1.29 is 4.79 Å². The molecule has 0 radical (unpaired) electrons. The molecule has 0 bridgehead atoms. The van der Waals surface area contributed by atoms with E-state index in [2.05, 4.69) is 15.3 Å². The lowest BCUT2D eigenvalue weighted by Crippen LogP contribution is -2.12. The van der Waals surface area contributed by atoms with E-state index in [1.54, 1.807) is 12.3 Å². The summed E-state index contributed by atoms with van der Waals surface area (Å²) in [7, 11) is 0. The van der Waals surface area contributed by atoms with Crippen molar-refractivity contribution in [3.63, 3.8) is 0 Å². The predicted molar refractivity (Wildman–Crippen MR) is 64.1 cm³/mol. The molecule has 82 valence electrons. The highest BCUT2D eigenvalue weighted by Gasteiger charge is 2.11. The number of amides is 1. The highest BCUT2D eigenvalue weighted by atomic mass is 35.5. The molecule has 0 aliphatic heterocycles. The summed E-state index contributed by atoms with van der Waals surface area (Å²) in [5.41, 5.74) is 0.344. The molecule has 1 amide bonds. The number of nitrogens with one attached hydrogen (secondary N) is 1. The van der Waals surface area contributed by atoms with Crippen LogP contribution in [0.4, 0.5) is 5.13 Å². The molecular formula is C10H8ClN3OS. The maximum Gasteiger partial charge on any atom is 0.260 e. The number of thiazole rings is 1. The van der Waals surface area contributed by atoms with Crippen molar-refractivity contribution in [2.75, 3.05) is 5.32 Å². The molecule has 0 fully saturated rings. The molecule has 4 nitrogen and oxygen atoms in total. The molecule has 0 saturated heterocycles. The van der Waals surface area contributed by atoms with Gasteiger partial charge in [-0.1, -0.05) is 11.6 Å². The largest absolute Gasteiger partial charge is 0.298 e. The third-order valence-electron chi connectivity index (χ3n) is 1.85. The second kappa shape index (κ2) is 4.59. The van der Waals surface area contributed by atoms with Crippen LogP contribution in [-0.2, 0) is 0 Å². The minimum atomic E-state index is -0.299. The number of hydrogen-bond acceptors (Lipinski definition) is 4. The van der Waals surface area contributed by atoms with E-state index in [0.29, 0.717) is 15.7 Å². The molecule has 2 aromatic rings. The van der Waals surface area contributed by atoms with Gasteiger partial charge in [0.2, 0.25) is 0 Å². The van der Waals surface area contributed by atoms with Crippen LogP contribution < -0.4 is 5.32 Å². The standard InChI is InChI=1S/C10H8ClN3OS/c1-6-4-13-10(16-6)14-9(15)7-5-12-3-2-8(7)11/h2-5H,1H3,(H,13,14,15). The third-order valence-corrected chi connectivity index (χ3v) is 3.01. The Hall–Kier alpha value is -1.46. The first-order valence-corrected chi connectivity index (χ1v) is 5.69. The third kappa shape index (κ3) is 2.37. The summed E-state index contributed by atoms with van der Waals surface area (Å²) in [4.78, 5) is 20.7. The Morgan fingerprint density at radius 1 is 1.50 bits per heavy atom. The molecule has 0 aliphatic carbocycles. The van der Waals surface area contributed by atoms with E-state index in [4.69, 9.17) is 11.6 Å². The van der Waals surface area contributed by atoms with E-state index in [1.807, 2.05) is 6.92 Å². The van der Waals surface area contributed by atoms with Crippen LogP contribution >= 0.6 is 22.9 Å². The van der Waals surface area contributed by atoms with Crippen LogP contribution in [0.2, 0.25) is 5.02 Å². The van der Waals surface area contributed by atoms with E-state index < -0.39 is 0 Å². The van der Waals surface area contributed by atoms with E-state index in [9.17, 15) is 4.79 Å². The highest BCUT2D eigenvalue weighted by molar-refractivity contribution is 7.15. The normalized spacial score (nSPS) is 10.1. The highest BCUT2D eigenvalue weighted by Crippen LogP contribution is 2.19. The maximum absolute atomic E-state index is 11.8. The van der Waals surface area contributed by atoms with Crippen molar-refractivity contribution >= 4 is 34.0 Å². The minimum absolute atomic E-state index is 0.299. The minimum Gasteiger partial charge on any atom is -0.298 e. The Labute approximate surface area is 101 Å². The number of halogens is 1. The molecule has 6 heteroatoms. The molecule has 2 heterocycles. The van der Waals surface area contributed by atoms with Crippen molar-refractivity contribution in [2.24, 2.45) is 0 Å². The van der Waals surface area contributed by atoms with Gasteiger partial charge in [-0.05, 0) is 13.0 Å². The molecule has 16 heavy (non-hydrogen) atoms. The van der Waals surface area contributed by atoms with E-state index in [0.717, 1.165) is 4.88 Å². The topological polar surface area (TPSA) is 54.9 Å². The van der Waals surface area contributed by atoms with Crippen LogP contribution in [0.25, 0.3) is 0 Å². The van der Waals surface area contributed by atoms with Gasteiger partial charge in [0.05, 0.1) is 10.6 Å². The van der Waals surface area contributed by atoms with Crippen molar-refractivity contribution in [1.82, 2.24) is 9.97 Å². The van der Waals surface area contributed by atoms with Gasteiger partial charge < -0.3 is 0 Å². The summed E-state index contributed by atoms with van der Waals surface area (Å²) in [5.74, 6) is -0.299. The van der Waals surface area contributed by atoms with E-state index in [-0.39, 0.29) is 5.91 Å².